The van der Waals surface area contributed by atoms with Gasteiger partial charge in [0.25, 0.3) is 5.91 Å². The van der Waals surface area contributed by atoms with Crippen LogP contribution in [0.5, 0.6) is 0 Å². The minimum atomic E-state index is -0.0386. The first-order chi connectivity index (χ1) is 10.6. The number of amides is 2. The molecule has 1 aromatic rings. The molecule has 120 valence electrons. The Morgan fingerprint density at radius 2 is 2.00 bits per heavy atom. The Kier molecular flexibility index (Phi) is 5.99. The first-order valence-corrected chi connectivity index (χ1v) is 8.33. The summed E-state index contributed by atoms with van der Waals surface area (Å²) in [6.45, 7) is 5.00. The van der Waals surface area contributed by atoms with E-state index in [1.165, 1.54) is 12.8 Å². The van der Waals surface area contributed by atoms with Gasteiger partial charge in [-0.3, -0.25) is 9.59 Å². The maximum atomic E-state index is 12.2. The zero-order chi connectivity index (χ0) is 15.9. The van der Waals surface area contributed by atoms with Gasteiger partial charge in [-0.1, -0.05) is 26.2 Å². The Labute approximate surface area is 132 Å². The molecule has 1 aromatic carbocycles. The van der Waals surface area contributed by atoms with Crippen LogP contribution < -0.4 is 10.2 Å². The number of hydrogen-bond donors (Lipinski definition) is 1. The quantitative estimate of drug-likeness (QED) is 0.784. The molecule has 0 radical (unpaired) electrons. The summed E-state index contributed by atoms with van der Waals surface area (Å²) >= 11 is 0. The van der Waals surface area contributed by atoms with Crippen LogP contribution in [0.15, 0.2) is 24.3 Å². The van der Waals surface area contributed by atoms with Gasteiger partial charge in [-0.05, 0) is 44.0 Å². The molecule has 0 saturated carbocycles. The average molecular weight is 302 g/mol. The van der Waals surface area contributed by atoms with E-state index in [9.17, 15) is 9.59 Å². The van der Waals surface area contributed by atoms with Gasteiger partial charge in [-0.15, -0.1) is 0 Å². The van der Waals surface area contributed by atoms with E-state index in [0.29, 0.717) is 12.0 Å². The van der Waals surface area contributed by atoms with Crippen molar-refractivity contribution in [1.29, 1.82) is 0 Å². The Morgan fingerprint density at radius 1 is 1.27 bits per heavy atom. The molecule has 0 aliphatic carbocycles. The smallest absolute Gasteiger partial charge is 0.251 e. The minimum Gasteiger partial charge on any atom is -0.350 e. The molecule has 1 N–H and O–H groups in total. The highest BCUT2D eigenvalue weighted by Gasteiger charge is 2.21. The number of carbonyl (C=O) groups excluding carboxylic acids is 2. The Balaban J connectivity index is 1.89. The van der Waals surface area contributed by atoms with Crippen molar-refractivity contribution in [2.45, 2.75) is 58.4 Å². The molecule has 0 spiro atoms. The maximum absolute atomic E-state index is 12.2. The van der Waals surface area contributed by atoms with E-state index >= 15 is 0 Å². The third-order valence-corrected chi connectivity index (χ3v) is 4.13. The van der Waals surface area contributed by atoms with E-state index in [1.54, 1.807) is 17.0 Å². The summed E-state index contributed by atoms with van der Waals surface area (Å²) in [6.07, 6.45) is 6.10. The monoisotopic (exact) mass is 302 g/mol. The third-order valence-electron chi connectivity index (χ3n) is 4.13. The topological polar surface area (TPSA) is 49.4 Å². The van der Waals surface area contributed by atoms with Crippen LogP contribution >= 0.6 is 0 Å². The minimum absolute atomic E-state index is 0.0386. The van der Waals surface area contributed by atoms with E-state index in [0.717, 1.165) is 31.5 Å². The second-order valence-corrected chi connectivity index (χ2v) is 6.07. The highest BCUT2D eigenvalue weighted by molar-refractivity contribution is 5.97. The van der Waals surface area contributed by atoms with Crippen LogP contribution in [0.1, 0.15) is 62.7 Å². The van der Waals surface area contributed by atoms with Gasteiger partial charge in [0.1, 0.15) is 0 Å². The second-order valence-electron chi connectivity index (χ2n) is 6.07. The largest absolute Gasteiger partial charge is 0.350 e. The van der Waals surface area contributed by atoms with E-state index < -0.39 is 0 Å². The molecule has 1 aliphatic rings. The molecule has 1 unspecified atom stereocenters. The molecule has 0 bridgehead atoms. The molecule has 0 aromatic heterocycles. The lowest BCUT2D eigenvalue weighted by Gasteiger charge is -2.17. The van der Waals surface area contributed by atoms with Crippen LogP contribution in [0, 0.1) is 0 Å². The van der Waals surface area contributed by atoms with Gasteiger partial charge < -0.3 is 10.2 Å². The molecule has 4 nitrogen and oxygen atoms in total. The number of carbonyl (C=O) groups is 2. The summed E-state index contributed by atoms with van der Waals surface area (Å²) in [7, 11) is 0. The van der Waals surface area contributed by atoms with Crippen molar-refractivity contribution in [3.8, 4) is 0 Å². The van der Waals surface area contributed by atoms with Crippen molar-refractivity contribution in [1.82, 2.24) is 5.32 Å². The van der Waals surface area contributed by atoms with E-state index in [1.807, 2.05) is 19.1 Å². The van der Waals surface area contributed by atoms with Crippen molar-refractivity contribution in [3.05, 3.63) is 29.8 Å². The van der Waals surface area contributed by atoms with E-state index in [4.69, 9.17) is 0 Å². The van der Waals surface area contributed by atoms with Gasteiger partial charge in [-0.25, -0.2) is 0 Å². The lowest BCUT2D eigenvalue weighted by atomic mass is 10.1. The van der Waals surface area contributed by atoms with Gasteiger partial charge in [0, 0.05) is 30.3 Å². The fourth-order valence-corrected chi connectivity index (χ4v) is 2.79. The Bertz CT molecular complexity index is 510. The molecule has 1 aliphatic heterocycles. The molecule has 1 atom stereocenters. The van der Waals surface area contributed by atoms with Crippen LogP contribution in [0.3, 0.4) is 0 Å². The second kappa shape index (κ2) is 7.97. The van der Waals surface area contributed by atoms with Crippen LogP contribution in [-0.4, -0.2) is 24.4 Å². The van der Waals surface area contributed by atoms with E-state index in [2.05, 4.69) is 12.2 Å². The van der Waals surface area contributed by atoms with Gasteiger partial charge in [-0.2, -0.15) is 0 Å². The zero-order valence-corrected chi connectivity index (χ0v) is 13.6. The number of nitrogens with zero attached hydrogens (tertiary/aromatic N) is 1. The standard InChI is InChI=1S/C18H26N2O2/c1-3-4-5-7-14(2)19-18(22)15-9-11-16(12-10-15)20-13-6-8-17(20)21/h9-12,14H,3-8,13H2,1-2H3,(H,19,22). The summed E-state index contributed by atoms with van der Waals surface area (Å²) in [4.78, 5) is 25.7. The number of hydrogen-bond acceptors (Lipinski definition) is 2. The molecule has 2 amide bonds. The lowest BCUT2D eigenvalue weighted by Crippen LogP contribution is -2.32. The summed E-state index contributed by atoms with van der Waals surface area (Å²) in [5, 5.41) is 3.03. The average Bonchev–Trinajstić information content (AvgIpc) is 2.94. The van der Waals surface area contributed by atoms with Gasteiger partial charge in [0.2, 0.25) is 5.91 Å². The predicted molar refractivity (Wildman–Crippen MR) is 89.1 cm³/mol. The fourth-order valence-electron chi connectivity index (χ4n) is 2.79. The predicted octanol–water partition coefficient (Wildman–Crippen LogP) is 3.51. The highest BCUT2D eigenvalue weighted by Crippen LogP contribution is 2.21. The molecule has 1 fully saturated rings. The highest BCUT2D eigenvalue weighted by atomic mass is 16.2. The Morgan fingerprint density at radius 3 is 2.59 bits per heavy atom. The number of benzene rings is 1. The number of anilines is 1. The van der Waals surface area contributed by atoms with Crippen molar-refractivity contribution < 1.29 is 9.59 Å². The normalized spacial score (nSPS) is 15.9. The first-order valence-electron chi connectivity index (χ1n) is 8.33. The van der Waals surface area contributed by atoms with Gasteiger partial charge >= 0.3 is 0 Å². The van der Waals surface area contributed by atoms with Crippen molar-refractivity contribution in [2.24, 2.45) is 0 Å². The van der Waals surface area contributed by atoms with Gasteiger partial charge in [0.15, 0.2) is 0 Å². The molecule has 4 heteroatoms. The summed E-state index contributed by atoms with van der Waals surface area (Å²) in [5.41, 5.74) is 1.53. The van der Waals surface area contributed by atoms with Crippen molar-refractivity contribution >= 4 is 17.5 Å². The van der Waals surface area contributed by atoms with Crippen molar-refractivity contribution in [2.75, 3.05) is 11.4 Å². The van der Waals surface area contributed by atoms with E-state index in [-0.39, 0.29) is 17.9 Å². The number of unbranched alkanes of at least 4 members (excludes halogenated alkanes) is 2. The number of rotatable bonds is 7. The van der Waals surface area contributed by atoms with Crippen LogP contribution in [0.2, 0.25) is 0 Å². The SMILES string of the molecule is CCCCCC(C)NC(=O)c1ccc(N2CCCC2=O)cc1. The molecule has 22 heavy (non-hydrogen) atoms. The zero-order valence-electron chi connectivity index (χ0n) is 13.6. The third kappa shape index (κ3) is 4.33. The summed E-state index contributed by atoms with van der Waals surface area (Å²) in [5.74, 6) is 0.130. The molecule has 1 saturated heterocycles. The number of nitrogens with one attached hydrogen (secondary N) is 1. The fraction of sp³-hybridized carbons (Fsp3) is 0.556. The van der Waals surface area contributed by atoms with Crippen molar-refractivity contribution in [3.63, 3.8) is 0 Å². The summed E-state index contributed by atoms with van der Waals surface area (Å²) in [6, 6.07) is 7.52. The molecule has 1 heterocycles. The Hall–Kier alpha value is -1.84. The lowest BCUT2D eigenvalue weighted by molar-refractivity contribution is -0.117. The summed E-state index contributed by atoms with van der Waals surface area (Å²) < 4.78 is 0. The van der Waals surface area contributed by atoms with Gasteiger partial charge in [0.05, 0.1) is 0 Å². The first kappa shape index (κ1) is 16.5. The maximum Gasteiger partial charge on any atom is 0.251 e. The molecule has 2 rings (SSSR count). The van der Waals surface area contributed by atoms with Crippen LogP contribution in [0.25, 0.3) is 0 Å². The van der Waals surface area contributed by atoms with Crippen LogP contribution in [0.4, 0.5) is 5.69 Å². The molecular formula is C18H26N2O2. The van der Waals surface area contributed by atoms with Crippen LogP contribution in [-0.2, 0) is 4.79 Å². The molecular weight excluding hydrogens is 276 g/mol.